The number of aromatic hydroxyl groups is 1. The number of aliphatic hydroxyl groups excluding tert-OH is 2. The van der Waals surface area contributed by atoms with E-state index < -0.39 is 5.41 Å². The lowest BCUT2D eigenvalue weighted by molar-refractivity contribution is 0.143. The van der Waals surface area contributed by atoms with Gasteiger partial charge in [-0.1, -0.05) is 42.5 Å². The first-order chi connectivity index (χ1) is 8.73. The smallest absolute Gasteiger partial charge is 0.115 e. The Hall–Kier alpha value is -1.84. The summed E-state index contributed by atoms with van der Waals surface area (Å²) in [5.41, 5.74) is 0.784. The topological polar surface area (TPSA) is 60.7 Å². The molecule has 0 aromatic heterocycles. The van der Waals surface area contributed by atoms with Crippen molar-refractivity contribution >= 4 is 0 Å². The summed E-state index contributed by atoms with van der Waals surface area (Å²) < 4.78 is 0. The van der Waals surface area contributed by atoms with E-state index in [0.717, 1.165) is 11.1 Å². The van der Waals surface area contributed by atoms with Gasteiger partial charge in [-0.2, -0.15) is 0 Å². The zero-order chi connectivity index (χ0) is 13.0. The van der Waals surface area contributed by atoms with E-state index in [1.165, 1.54) is 0 Å². The third-order valence-electron chi connectivity index (χ3n) is 3.29. The number of benzene rings is 2. The van der Waals surface area contributed by atoms with Gasteiger partial charge in [-0.25, -0.2) is 0 Å². The molecule has 3 N–H and O–H groups in total. The molecule has 2 rings (SSSR count). The first-order valence-corrected chi connectivity index (χ1v) is 5.80. The second kappa shape index (κ2) is 5.21. The molecule has 0 amide bonds. The van der Waals surface area contributed by atoms with Gasteiger partial charge in [0.05, 0.1) is 18.6 Å². The van der Waals surface area contributed by atoms with Gasteiger partial charge in [-0.3, -0.25) is 0 Å². The van der Waals surface area contributed by atoms with E-state index in [9.17, 15) is 15.3 Å². The number of hydrogen-bond donors (Lipinski definition) is 3. The van der Waals surface area contributed by atoms with Crippen molar-refractivity contribution in [1.82, 2.24) is 0 Å². The molecule has 2 aromatic rings. The predicted molar refractivity (Wildman–Crippen MR) is 69.5 cm³/mol. The SMILES string of the molecule is OCC(CO)(c1ccccc1)c1ccc(O)cc1. The Morgan fingerprint density at radius 3 is 1.72 bits per heavy atom. The third kappa shape index (κ3) is 2.10. The Balaban J connectivity index is 2.54. The lowest BCUT2D eigenvalue weighted by Gasteiger charge is -2.31. The average Bonchev–Trinajstić information content (AvgIpc) is 2.44. The molecule has 2 aromatic carbocycles. The van der Waals surface area contributed by atoms with Crippen LogP contribution in [0.1, 0.15) is 11.1 Å². The Labute approximate surface area is 106 Å². The maximum absolute atomic E-state index is 9.73. The molecule has 0 aliphatic carbocycles. The molecule has 0 saturated carbocycles. The van der Waals surface area contributed by atoms with E-state index in [1.54, 1.807) is 24.3 Å². The zero-order valence-electron chi connectivity index (χ0n) is 9.95. The fourth-order valence-electron chi connectivity index (χ4n) is 2.12. The standard InChI is InChI=1S/C15H16O3/c16-10-15(11-17,12-4-2-1-3-5-12)13-6-8-14(18)9-7-13/h1-9,16-18H,10-11H2. The van der Waals surface area contributed by atoms with Gasteiger partial charge in [0.25, 0.3) is 0 Å². The molecule has 0 fully saturated rings. The summed E-state index contributed by atoms with van der Waals surface area (Å²) in [6.45, 7) is -0.392. The quantitative estimate of drug-likeness (QED) is 0.766. The van der Waals surface area contributed by atoms with Gasteiger partial charge in [0.15, 0.2) is 0 Å². The van der Waals surface area contributed by atoms with Gasteiger partial charge in [-0.15, -0.1) is 0 Å². The Kier molecular flexibility index (Phi) is 3.65. The van der Waals surface area contributed by atoms with Gasteiger partial charge >= 0.3 is 0 Å². The van der Waals surface area contributed by atoms with Crippen LogP contribution in [0.25, 0.3) is 0 Å². The largest absolute Gasteiger partial charge is 0.508 e. The van der Waals surface area contributed by atoms with Gasteiger partial charge in [0, 0.05) is 0 Å². The minimum absolute atomic E-state index is 0.164. The van der Waals surface area contributed by atoms with Crippen molar-refractivity contribution in [3.63, 3.8) is 0 Å². The van der Waals surface area contributed by atoms with E-state index in [-0.39, 0.29) is 19.0 Å². The summed E-state index contributed by atoms with van der Waals surface area (Å²) in [5, 5.41) is 28.8. The highest BCUT2D eigenvalue weighted by Crippen LogP contribution is 2.32. The molecular formula is C15H16O3. The Morgan fingerprint density at radius 2 is 1.22 bits per heavy atom. The molecule has 3 heteroatoms. The van der Waals surface area contributed by atoms with Crippen molar-refractivity contribution in [3.05, 3.63) is 65.7 Å². The average molecular weight is 244 g/mol. The Bertz CT molecular complexity index is 487. The van der Waals surface area contributed by atoms with E-state index in [2.05, 4.69) is 0 Å². The van der Waals surface area contributed by atoms with E-state index >= 15 is 0 Å². The van der Waals surface area contributed by atoms with Crippen LogP contribution in [-0.4, -0.2) is 28.5 Å². The zero-order valence-corrected chi connectivity index (χ0v) is 9.95. The van der Waals surface area contributed by atoms with Crippen LogP contribution in [0.2, 0.25) is 0 Å². The minimum Gasteiger partial charge on any atom is -0.508 e. The predicted octanol–water partition coefficient (Wildman–Crippen LogP) is 1.66. The minimum atomic E-state index is -0.838. The maximum Gasteiger partial charge on any atom is 0.115 e. The van der Waals surface area contributed by atoms with E-state index in [1.807, 2.05) is 30.3 Å². The van der Waals surface area contributed by atoms with E-state index in [4.69, 9.17) is 0 Å². The molecular weight excluding hydrogens is 228 g/mol. The van der Waals surface area contributed by atoms with Gasteiger partial charge in [-0.05, 0) is 23.3 Å². The van der Waals surface area contributed by atoms with Crippen LogP contribution in [-0.2, 0) is 5.41 Å². The molecule has 0 radical (unpaired) electrons. The van der Waals surface area contributed by atoms with Gasteiger partial charge in [0.1, 0.15) is 5.75 Å². The van der Waals surface area contributed by atoms with Crippen LogP contribution in [0, 0.1) is 0 Å². The second-order valence-corrected chi connectivity index (χ2v) is 4.31. The van der Waals surface area contributed by atoms with Gasteiger partial charge < -0.3 is 15.3 Å². The molecule has 0 unspecified atom stereocenters. The Morgan fingerprint density at radius 1 is 0.722 bits per heavy atom. The molecule has 3 nitrogen and oxygen atoms in total. The number of phenolic OH excluding ortho intramolecular Hbond substituents is 1. The number of hydrogen-bond acceptors (Lipinski definition) is 3. The highest BCUT2D eigenvalue weighted by atomic mass is 16.3. The van der Waals surface area contributed by atoms with Crippen LogP contribution in [0.4, 0.5) is 0 Å². The third-order valence-corrected chi connectivity index (χ3v) is 3.29. The fourth-order valence-corrected chi connectivity index (χ4v) is 2.12. The molecule has 0 spiro atoms. The summed E-state index contributed by atoms with van der Waals surface area (Å²) in [7, 11) is 0. The molecule has 94 valence electrons. The second-order valence-electron chi connectivity index (χ2n) is 4.31. The number of rotatable bonds is 4. The normalized spacial score (nSPS) is 11.4. The van der Waals surface area contributed by atoms with Crippen LogP contribution in [0.3, 0.4) is 0 Å². The van der Waals surface area contributed by atoms with E-state index in [0.29, 0.717) is 0 Å². The van der Waals surface area contributed by atoms with Crippen molar-refractivity contribution < 1.29 is 15.3 Å². The lowest BCUT2D eigenvalue weighted by atomic mass is 9.76. The maximum atomic E-state index is 9.73. The number of aliphatic hydroxyl groups is 2. The van der Waals surface area contributed by atoms with Gasteiger partial charge in [0.2, 0.25) is 0 Å². The summed E-state index contributed by atoms with van der Waals surface area (Å²) in [5.74, 6) is 0.164. The molecule has 0 atom stereocenters. The molecule has 0 aliphatic heterocycles. The summed E-state index contributed by atoms with van der Waals surface area (Å²) >= 11 is 0. The number of phenols is 1. The van der Waals surface area contributed by atoms with Crippen molar-refractivity contribution in [3.8, 4) is 5.75 Å². The summed E-state index contributed by atoms with van der Waals surface area (Å²) in [6.07, 6.45) is 0. The van der Waals surface area contributed by atoms with Crippen molar-refractivity contribution in [1.29, 1.82) is 0 Å². The highest BCUT2D eigenvalue weighted by Gasteiger charge is 2.32. The summed E-state index contributed by atoms with van der Waals surface area (Å²) in [4.78, 5) is 0. The molecule has 0 heterocycles. The first kappa shape index (κ1) is 12.6. The molecule has 0 bridgehead atoms. The summed E-state index contributed by atoms with van der Waals surface area (Å²) in [6, 6.07) is 15.9. The highest BCUT2D eigenvalue weighted by molar-refractivity contribution is 5.41. The molecule has 0 saturated heterocycles. The van der Waals surface area contributed by atoms with Crippen molar-refractivity contribution in [2.75, 3.05) is 13.2 Å². The van der Waals surface area contributed by atoms with Crippen LogP contribution in [0.15, 0.2) is 54.6 Å². The monoisotopic (exact) mass is 244 g/mol. The molecule has 0 aliphatic rings. The lowest BCUT2D eigenvalue weighted by Crippen LogP contribution is -2.36. The molecule has 18 heavy (non-hydrogen) atoms. The van der Waals surface area contributed by atoms with Crippen LogP contribution >= 0.6 is 0 Å². The van der Waals surface area contributed by atoms with Crippen LogP contribution in [0.5, 0.6) is 5.75 Å². The first-order valence-electron chi connectivity index (χ1n) is 5.80. The van der Waals surface area contributed by atoms with Crippen LogP contribution < -0.4 is 0 Å². The fraction of sp³-hybridized carbons (Fsp3) is 0.200. The van der Waals surface area contributed by atoms with Crippen molar-refractivity contribution in [2.24, 2.45) is 0 Å². The van der Waals surface area contributed by atoms with Crippen molar-refractivity contribution in [2.45, 2.75) is 5.41 Å².